The molecule has 3 heterocycles. The van der Waals surface area contributed by atoms with Crippen molar-refractivity contribution in [1.82, 2.24) is 20.1 Å². The van der Waals surface area contributed by atoms with Crippen molar-refractivity contribution in [1.29, 1.82) is 0 Å². The van der Waals surface area contributed by atoms with Crippen LogP contribution in [0, 0.1) is 17.7 Å². The number of nitrogens with one attached hydrogen (secondary N) is 2. The molecule has 2 aliphatic rings. The topological polar surface area (TPSA) is 132 Å². The summed E-state index contributed by atoms with van der Waals surface area (Å²) in [5, 5.41) is 6.38. The van der Waals surface area contributed by atoms with Gasteiger partial charge in [0.15, 0.2) is 11.6 Å². The van der Waals surface area contributed by atoms with Gasteiger partial charge in [0.1, 0.15) is 21.9 Å². The number of methoxy groups -OCH3 is 1. The number of hydrogen-bond donors (Lipinski definition) is 2. The molecule has 0 saturated carbocycles. The minimum absolute atomic E-state index is 0.00697. The number of carbonyl (C=O) groups is 3. The third-order valence-corrected chi connectivity index (χ3v) is 8.54. The van der Waals surface area contributed by atoms with E-state index in [0.29, 0.717) is 37.6 Å². The van der Waals surface area contributed by atoms with Crippen molar-refractivity contribution >= 4 is 41.0 Å². The summed E-state index contributed by atoms with van der Waals surface area (Å²) in [6, 6.07) is 6.11. The molecule has 1 aromatic heterocycles. The lowest BCUT2D eigenvalue weighted by atomic mass is 9.91. The molecule has 2 aliphatic heterocycles. The Morgan fingerprint density at radius 1 is 1.10 bits per heavy atom. The number of para-hydroxylation sites is 1. The van der Waals surface area contributed by atoms with Crippen molar-refractivity contribution in [2.24, 2.45) is 11.8 Å². The van der Waals surface area contributed by atoms with Crippen LogP contribution >= 0.6 is 12.2 Å². The van der Waals surface area contributed by atoms with Crippen LogP contribution in [0.5, 0.6) is 11.5 Å². The molecule has 1 aromatic carbocycles. The number of halogens is 1. The number of imide groups is 1. The number of carbonyl (C=O) groups excluding carboxylic acids is 3. The lowest BCUT2D eigenvalue weighted by Gasteiger charge is -2.36. The Labute approximate surface area is 310 Å². The number of likely N-dealkylation sites (tertiary alicyclic amines) is 1. The number of thiocarbonyl (C=S) groups is 1. The molecule has 14 heteroatoms. The minimum Gasteiger partial charge on any atom is -0.492 e. The maximum absolute atomic E-state index is 14.6. The molecule has 0 bridgehead atoms. The number of anilines is 1. The zero-order valence-corrected chi connectivity index (χ0v) is 31.9. The predicted molar refractivity (Wildman–Crippen MR) is 200 cm³/mol. The van der Waals surface area contributed by atoms with Crippen LogP contribution in [0.15, 0.2) is 60.6 Å². The predicted octanol–water partition coefficient (Wildman–Crippen LogP) is 7.01. The Morgan fingerprint density at radius 2 is 1.81 bits per heavy atom. The minimum atomic E-state index is -0.856. The molecule has 4 rings (SSSR count). The molecule has 0 spiro atoms. The first kappa shape index (κ1) is 40.1. The first-order valence-electron chi connectivity index (χ1n) is 17.3. The summed E-state index contributed by atoms with van der Waals surface area (Å²) in [7, 11) is 1.33. The fraction of sp³-hybridized carbons (Fsp3) is 0.500. The van der Waals surface area contributed by atoms with Gasteiger partial charge in [-0.05, 0) is 79.0 Å². The van der Waals surface area contributed by atoms with E-state index in [4.69, 9.17) is 31.2 Å². The van der Waals surface area contributed by atoms with Crippen molar-refractivity contribution in [3.8, 4) is 11.5 Å². The Bertz CT molecular complexity index is 1690. The summed E-state index contributed by atoms with van der Waals surface area (Å²) in [6.07, 6.45) is 5.93. The van der Waals surface area contributed by atoms with Gasteiger partial charge >= 0.3 is 12.2 Å². The van der Waals surface area contributed by atoms with E-state index in [-0.39, 0.29) is 47.1 Å². The molecule has 3 amide bonds. The van der Waals surface area contributed by atoms with Gasteiger partial charge in [-0.3, -0.25) is 9.78 Å². The monoisotopic (exact) mass is 739 g/mol. The second-order valence-electron chi connectivity index (χ2n) is 14.8. The number of piperidine rings is 1. The van der Waals surface area contributed by atoms with Gasteiger partial charge in [0, 0.05) is 55.5 Å². The van der Waals surface area contributed by atoms with Crippen LogP contribution in [0.1, 0.15) is 66.4 Å². The molecule has 0 aliphatic carbocycles. The Hall–Kier alpha value is -4.72. The lowest BCUT2D eigenvalue weighted by Crippen LogP contribution is -2.51. The maximum atomic E-state index is 14.6. The number of benzene rings is 1. The van der Waals surface area contributed by atoms with Gasteiger partial charge in [0.05, 0.1) is 31.2 Å². The number of ether oxygens (including phenoxy) is 4. The lowest BCUT2D eigenvalue weighted by molar-refractivity contribution is -0.127. The molecule has 52 heavy (non-hydrogen) atoms. The molecular formula is C38H50FN5O7S. The number of aromatic nitrogens is 1. The zero-order chi connectivity index (χ0) is 38.2. The van der Waals surface area contributed by atoms with E-state index in [9.17, 15) is 18.8 Å². The van der Waals surface area contributed by atoms with Crippen LogP contribution in [-0.2, 0) is 20.8 Å². The smallest absolute Gasteiger partial charge is 0.417 e. The summed E-state index contributed by atoms with van der Waals surface area (Å²) in [6.45, 7) is 16.3. The fourth-order valence-corrected chi connectivity index (χ4v) is 6.25. The van der Waals surface area contributed by atoms with Gasteiger partial charge in [0.2, 0.25) is 0 Å². The number of amides is 3. The molecule has 12 nitrogen and oxygen atoms in total. The van der Waals surface area contributed by atoms with E-state index in [1.807, 2.05) is 26.8 Å². The Morgan fingerprint density at radius 3 is 2.48 bits per heavy atom. The largest absolute Gasteiger partial charge is 0.492 e. The molecule has 2 atom stereocenters. The Kier molecular flexibility index (Phi) is 13.2. The molecule has 1 saturated heterocycles. The first-order valence-corrected chi connectivity index (χ1v) is 17.7. The highest BCUT2D eigenvalue weighted by molar-refractivity contribution is 7.81. The van der Waals surface area contributed by atoms with E-state index in [0.717, 1.165) is 23.3 Å². The summed E-state index contributed by atoms with van der Waals surface area (Å²) in [5.74, 6) is -1.18. The number of allylic oxidation sites excluding steroid dienone is 1. The van der Waals surface area contributed by atoms with Crippen molar-refractivity contribution < 1.29 is 37.7 Å². The normalized spacial score (nSPS) is 18.0. The van der Waals surface area contributed by atoms with Crippen LogP contribution in [0.4, 0.5) is 19.7 Å². The van der Waals surface area contributed by atoms with Gasteiger partial charge in [-0.1, -0.05) is 24.4 Å². The van der Waals surface area contributed by atoms with Crippen LogP contribution in [0.25, 0.3) is 0 Å². The van der Waals surface area contributed by atoms with Crippen LogP contribution in [0.3, 0.4) is 0 Å². The summed E-state index contributed by atoms with van der Waals surface area (Å²) in [5.41, 5.74) is 0.0181. The van der Waals surface area contributed by atoms with Gasteiger partial charge in [-0.25, -0.2) is 18.9 Å². The number of rotatable bonds is 11. The molecular weight excluding hydrogens is 690 g/mol. The van der Waals surface area contributed by atoms with Gasteiger partial charge in [-0.2, -0.15) is 0 Å². The number of hydrogen-bond acceptors (Lipinski definition) is 10. The second kappa shape index (κ2) is 17.2. The van der Waals surface area contributed by atoms with Crippen LogP contribution in [-0.4, -0.2) is 82.4 Å². The van der Waals surface area contributed by atoms with E-state index in [1.54, 1.807) is 50.2 Å². The van der Waals surface area contributed by atoms with Crippen LogP contribution in [0.2, 0.25) is 0 Å². The number of nitrogens with zero attached hydrogens (tertiary/aromatic N) is 3. The molecule has 2 N–H and O–H groups in total. The highest BCUT2D eigenvalue weighted by Gasteiger charge is 2.40. The molecule has 282 valence electrons. The second-order valence-corrected chi connectivity index (χ2v) is 15.2. The average molecular weight is 740 g/mol. The van der Waals surface area contributed by atoms with Gasteiger partial charge in [0.25, 0.3) is 5.91 Å². The molecule has 0 radical (unpaired) electrons. The highest BCUT2D eigenvalue weighted by atomic mass is 32.1. The van der Waals surface area contributed by atoms with Gasteiger partial charge < -0.3 is 34.5 Å². The van der Waals surface area contributed by atoms with E-state index < -0.39 is 34.9 Å². The Balaban J connectivity index is 1.61. The van der Waals surface area contributed by atoms with E-state index in [1.165, 1.54) is 19.2 Å². The summed E-state index contributed by atoms with van der Waals surface area (Å²) < 4.78 is 37.3. The van der Waals surface area contributed by atoms with Crippen LogP contribution < -0.4 is 20.1 Å². The average Bonchev–Trinajstić information content (AvgIpc) is 3.06. The standard InChI is InChI=1S/C38H50FN5O7S/c1-9-12-26-22-44(36(47)51-38(5,6)7)34(45)30(33(52)42-28-15-10-14-27(39)32(28)48-8)31(26)41-19-25-16-17-40-20-29(25)49-23-24-13-11-18-43(21-24)35(46)50-37(2,3)4/h9-10,14-17,20,24,26,41H,1,11-13,18-19,21-23H2,2-8H3,(H,42,52). The molecule has 1 fully saturated rings. The quantitative estimate of drug-likeness (QED) is 0.182. The third kappa shape index (κ3) is 10.7. The summed E-state index contributed by atoms with van der Waals surface area (Å²) >= 11 is 5.79. The molecule has 2 unspecified atom stereocenters. The zero-order valence-electron chi connectivity index (χ0n) is 31.0. The first-order chi connectivity index (χ1) is 24.5. The van der Waals surface area contributed by atoms with Crippen molar-refractivity contribution in [2.45, 2.75) is 78.6 Å². The summed E-state index contributed by atoms with van der Waals surface area (Å²) in [4.78, 5) is 47.2. The van der Waals surface area contributed by atoms with E-state index in [2.05, 4.69) is 22.2 Å². The van der Waals surface area contributed by atoms with Crippen molar-refractivity contribution in [3.63, 3.8) is 0 Å². The molecule has 2 aromatic rings. The third-order valence-electron chi connectivity index (χ3n) is 8.24. The maximum Gasteiger partial charge on any atom is 0.417 e. The highest BCUT2D eigenvalue weighted by Crippen LogP contribution is 2.33. The van der Waals surface area contributed by atoms with Gasteiger partial charge in [-0.15, -0.1) is 6.58 Å². The van der Waals surface area contributed by atoms with Crippen molar-refractivity contribution in [3.05, 3.63) is 72.0 Å². The SMILES string of the molecule is C=CCC1CN(C(=O)OC(C)(C)C)C(=O)C(C(=S)Nc2cccc(F)c2OC)=C1NCc1ccncc1OCC1CCCN(C(=O)OC(C)(C)C)C1. The number of pyridine rings is 1. The fourth-order valence-electron chi connectivity index (χ4n) is 5.94. The van der Waals surface area contributed by atoms with E-state index >= 15 is 0 Å². The van der Waals surface area contributed by atoms with Crippen molar-refractivity contribution in [2.75, 3.05) is 38.7 Å².